The number of hydrogen-bond donors (Lipinski definition) is 1. The average molecular weight is 379 g/mol. The van der Waals surface area contributed by atoms with Crippen LogP contribution >= 0.6 is 0 Å². The molecule has 1 saturated carbocycles. The van der Waals surface area contributed by atoms with Gasteiger partial charge in [0.2, 0.25) is 5.91 Å². The quantitative estimate of drug-likeness (QED) is 0.863. The van der Waals surface area contributed by atoms with Gasteiger partial charge in [-0.2, -0.15) is 0 Å². The van der Waals surface area contributed by atoms with E-state index in [9.17, 15) is 9.59 Å². The Hall–Kier alpha value is -2.86. The molecule has 28 heavy (non-hydrogen) atoms. The molecule has 0 aromatic heterocycles. The van der Waals surface area contributed by atoms with Gasteiger partial charge in [0.25, 0.3) is 5.91 Å². The maximum Gasteiger partial charge on any atom is 0.253 e. The van der Waals surface area contributed by atoms with Crippen molar-refractivity contribution < 1.29 is 14.3 Å². The van der Waals surface area contributed by atoms with Crippen molar-refractivity contribution in [3.05, 3.63) is 65.7 Å². The molecule has 2 aliphatic rings. The van der Waals surface area contributed by atoms with Gasteiger partial charge in [-0.1, -0.05) is 30.3 Å². The van der Waals surface area contributed by atoms with Gasteiger partial charge in [-0.3, -0.25) is 9.59 Å². The van der Waals surface area contributed by atoms with Gasteiger partial charge in [0.05, 0.1) is 5.54 Å². The third-order valence-electron chi connectivity index (χ3n) is 5.42. The number of ether oxygens (including phenoxy) is 1. The highest BCUT2D eigenvalue weighted by Crippen LogP contribution is 2.34. The normalized spacial score (nSPS) is 17.9. The van der Waals surface area contributed by atoms with Gasteiger partial charge in [0, 0.05) is 31.7 Å². The number of amides is 2. The van der Waals surface area contributed by atoms with E-state index in [1.54, 1.807) is 21.9 Å². The Morgan fingerprint density at radius 2 is 1.50 bits per heavy atom. The number of nitrogens with two attached hydrogens (primary N) is 1. The molecular weight excluding hydrogens is 354 g/mol. The Balaban J connectivity index is 1.29. The molecule has 146 valence electrons. The summed E-state index contributed by atoms with van der Waals surface area (Å²) in [5, 5.41) is 0. The topological polar surface area (TPSA) is 75.9 Å². The van der Waals surface area contributed by atoms with Gasteiger partial charge in [0.1, 0.15) is 12.4 Å². The molecule has 0 radical (unpaired) electrons. The van der Waals surface area contributed by atoms with E-state index in [0.717, 1.165) is 24.2 Å². The van der Waals surface area contributed by atoms with Crippen molar-refractivity contribution in [3.8, 4) is 5.75 Å². The summed E-state index contributed by atoms with van der Waals surface area (Å²) in [6, 6.07) is 17.2. The highest BCUT2D eigenvalue weighted by molar-refractivity contribution is 5.95. The van der Waals surface area contributed by atoms with Crippen LogP contribution < -0.4 is 10.5 Å². The zero-order valence-corrected chi connectivity index (χ0v) is 15.8. The van der Waals surface area contributed by atoms with Gasteiger partial charge in [-0.05, 0) is 42.7 Å². The van der Waals surface area contributed by atoms with E-state index in [0.29, 0.717) is 38.3 Å². The lowest BCUT2D eigenvalue weighted by Crippen LogP contribution is -2.55. The van der Waals surface area contributed by atoms with Crippen LogP contribution in [0.1, 0.15) is 28.8 Å². The van der Waals surface area contributed by atoms with Crippen LogP contribution in [0.25, 0.3) is 0 Å². The molecule has 0 atom stereocenters. The summed E-state index contributed by atoms with van der Waals surface area (Å²) in [5.41, 5.74) is 7.09. The van der Waals surface area contributed by atoms with Crippen LogP contribution in [0.4, 0.5) is 0 Å². The first-order valence-electron chi connectivity index (χ1n) is 9.69. The molecule has 4 rings (SSSR count). The zero-order valence-electron chi connectivity index (χ0n) is 15.8. The largest absolute Gasteiger partial charge is 0.489 e. The predicted octanol–water partition coefficient (Wildman–Crippen LogP) is 2.04. The Labute approximate surface area is 164 Å². The first kappa shape index (κ1) is 18.5. The first-order chi connectivity index (χ1) is 13.5. The van der Waals surface area contributed by atoms with Crippen molar-refractivity contribution in [2.45, 2.75) is 25.0 Å². The lowest BCUT2D eigenvalue weighted by Gasteiger charge is -2.36. The van der Waals surface area contributed by atoms with Gasteiger partial charge in [-0.15, -0.1) is 0 Å². The van der Waals surface area contributed by atoms with E-state index in [1.807, 2.05) is 42.5 Å². The molecule has 0 spiro atoms. The summed E-state index contributed by atoms with van der Waals surface area (Å²) in [5.74, 6) is 0.739. The minimum absolute atomic E-state index is 0.0180. The van der Waals surface area contributed by atoms with Crippen LogP contribution in [0.3, 0.4) is 0 Å². The van der Waals surface area contributed by atoms with Crippen LogP contribution in [-0.2, 0) is 11.4 Å². The second-order valence-corrected chi connectivity index (χ2v) is 7.54. The molecule has 0 bridgehead atoms. The standard InChI is InChI=1S/C22H25N3O3/c23-22(10-11-22)21(27)25-14-12-24(13-15-25)20(26)18-6-8-19(9-7-18)28-16-17-4-2-1-3-5-17/h1-9H,10-16,23H2. The fourth-order valence-electron chi connectivity index (χ4n) is 3.39. The summed E-state index contributed by atoms with van der Waals surface area (Å²) < 4.78 is 5.77. The third kappa shape index (κ3) is 4.02. The maximum atomic E-state index is 12.7. The summed E-state index contributed by atoms with van der Waals surface area (Å²) in [7, 11) is 0. The molecule has 1 aliphatic heterocycles. The molecule has 1 aliphatic carbocycles. The number of carbonyl (C=O) groups is 2. The average Bonchev–Trinajstić information content (AvgIpc) is 3.51. The number of piperazine rings is 1. The minimum Gasteiger partial charge on any atom is -0.489 e. The van der Waals surface area contributed by atoms with E-state index < -0.39 is 5.54 Å². The number of benzene rings is 2. The van der Waals surface area contributed by atoms with Gasteiger partial charge >= 0.3 is 0 Å². The Morgan fingerprint density at radius 3 is 2.11 bits per heavy atom. The van der Waals surface area contributed by atoms with Gasteiger partial charge in [0.15, 0.2) is 0 Å². The Bertz CT molecular complexity index is 839. The lowest BCUT2D eigenvalue weighted by molar-refractivity contribution is -0.135. The second-order valence-electron chi connectivity index (χ2n) is 7.54. The second kappa shape index (κ2) is 7.64. The van der Waals surface area contributed by atoms with Gasteiger partial charge < -0.3 is 20.3 Å². The Kier molecular flexibility index (Phi) is 5.05. The van der Waals surface area contributed by atoms with Crippen molar-refractivity contribution in [1.82, 2.24) is 9.80 Å². The van der Waals surface area contributed by atoms with Crippen LogP contribution in [0.5, 0.6) is 5.75 Å². The molecule has 6 heteroatoms. The molecule has 1 heterocycles. The monoisotopic (exact) mass is 379 g/mol. The molecule has 2 amide bonds. The molecule has 0 unspecified atom stereocenters. The molecule has 1 saturated heterocycles. The van der Waals surface area contributed by atoms with Crippen molar-refractivity contribution in [3.63, 3.8) is 0 Å². The fourth-order valence-corrected chi connectivity index (χ4v) is 3.39. The van der Waals surface area contributed by atoms with E-state index >= 15 is 0 Å². The zero-order chi connectivity index (χ0) is 19.6. The Morgan fingerprint density at radius 1 is 0.893 bits per heavy atom. The number of carbonyl (C=O) groups excluding carboxylic acids is 2. The predicted molar refractivity (Wildman–Crippen MR) is 106 cm³/mol. The molecular formula is C22H25N3O3. The van der Waals surface area contributed by atoms with Gasteiger partial charge in [-0.25, -0.2) is 0 Å². The van der Waals surface area contributed by atoms with Crippen LogP contribution in [0.2, 0.25) is 0 Å². The van der Waals surface area contributed by atoms with Crippen LogP contribution in [0.15, 0.2) is 54.6 Å². The van der Waals surface area contributed by atoms with Crippen molar-refractivity contribution in [1.29, 1.82) is 0 Å². The number of nitrogens with zero attached hydrogens (tertiary/aromatic N) is 2. The highest BCUT2D eigenvalue weighted by Gasteiger charge is 2.48. The molecule has 2 N–H and O–H groups in total. The summed E-state index contributed by atoms with van der Waals surface area (Å²) in [6.07, 6.45) is 1.54. The summed E-state index contributed by atoms with van der Waals surface area (Å²) in [4.78, 5) is 28.6. The smallest absolute Gasteiger partial charge is 0.253 e. The van der Waals surface area contributed by atoms with Crippen molar-refractivity contribution >= 4 is 11.8 Å². The van der Waals surface area contributed by atoms with E-state index in [1.165, 1.54) is 0 Å². The summed E-state index contributed by atoms with van der Waals surface area (Å²) in [6.45, 7) is 2.65. The lowest BCUT2D eigenvalue weighted by atomic mass is 10.1. The molecule has 6 nitrogen and oxygen atoms in total. The first-order valence-corrected chi connectivity index (χ1v) is 9.69. The molecule has 2 fully saturated rings. The number of rotatable bonds is 5. The van der Waals surface area contributed by atoms with E-state index in [2.05, 4.69) is 0 Å². The maximum absolute atomic E-state index is 12.7. The minimum atomic E-state index is -0.637. The van der Waals surface area contributed by atoms with Crippen LogP contribution in [-0.4, -0.2) is 53.3 Å². The van der Waals surface area contributed by atoms with E-state index in [-0.39, 0.29) is 11.8 Å². The SMILES string of the molecule is NC1(C(=O)N2CCN(C(=O)c3ccc(OCc4ccccc4)cc3)CC2)CC1. The third-order valence-corrected chi connectivity index (χ3v) is 5.42. The van der Waals surface area contributed by atoms with E-state index in [4.69, 9.17) is 10.5 Å². The highest BCUT2D eigenvalue weighted by atomic mass is 16.5. The molecule has 2 aromatic carbocycles. The summed E-state index contributed by atoms with van der Waals surface area (Å²) >= 11 is 0. The fraction of sp³-hybridized carbons (Fsp3) is 0.364. The molecule has 2 aromatic rings. The number of hydrogen-bond acceptors (Lipinski definition) is 4. The van der Waals surface area contributed by atoms with Crippen molar-refractivity contribution in [2.75, 3.05) is 26.2 Å². The van der Waals surface area contributed by atoms with Crippen molar-refractivity contribution in [2.24, 2.45) is 5.73 Å². The van der Waals surface area contributed by atoms with Crippen LogP contribution in [0, 0.1) is 0 Å².